The second-order valence-corrected chi connectivity index (χ2v) is 8.20. The molecule has 0 aliphatic rings. The molecule has 0 unspecified atom stereocenters. The lowest BCUT2D eigenvalue weighted by atomic mass is 10.2. The Hall–Kier alpha value is -2.17. The van der Waals surface area contributed by atoms with Crippen molar-refractivity contribution in [3.05, 3.63) is 58.0 Å². The highest BCUT2D eigenvalue weighted by molar-refractivity contribution is 8.00. The number of hydrogen-bond donors (Lipinski definition) is 1. The van der Waals surface area contributed by atoms with Gasteiger partial charge in [-0.15, -0.1) is 22.8 Å². The van der Waals surface area contributed by atoms with Crippen molar-refractivity contribution in [2.75, 3.05) is 14.2 Å². The molecule has 0 atom stereocenters. The number of benzene rings is 1. The molecule has 7 nitrogen and oxygen atoms in total. The maximum Gasteiger partial charge on any atom is 0.223 e. The molecule has 0 N–H and O–H groups in total. The first kappa shape index (κ1) is 19.6. The Morgan fingerprint density at radius 2 is 2.00 bits per heavy atom. The van der Waals surface area contributed by atoms with Crippen LogP contribution in [0.3, 0.4) is 0 Å². The zero-order valence-corrected chi connectivity index (χ0v) is 17.1. The third-order valence-corrected chi connectivity index (χ3v) is 5.80. The second kappa shape index (κ2) is 9.16. The summed E-state index contributed by atoms with van der Waals surface area (Å²) in [6, 6.07) is 8.96. The fraction of sp³-hybridized carbons (Fsp3) is 0.235. The van der Waals surface area contributed by atoms with Gasteiger partial charge in [0.25, 0.3) is 0 Å². The minimum absolute atomic E-state index is 0.209. The zero-order valence-electron chi connectivity index (χ0n) is 14.6. The molecule has 3 rings (SSSR count). The fourth-order valence-corrected chi connectivity index (χ4v) is 4.24. The van der Waals surface area contributed by atoms with Gasteiger partial charge < -0.3 is 14.3 Å². The Kier molecular flexibility index (Phi) is 6.64. The third-order valence-electron chi connectivity index (χ3n) is 3.55. The molecular formula is C17H17N3O4S3. The first-order valence-electron chi connectivity index (χ1n) is 7.80. The number of aromatic nitrogens is 3. The first-order chi connectivity index (χ1) is 13.1. The third kappa shape index (κ3) is 5.18. The van der Waals surface area contributed by atoms with Crippen LogP contribution < -0.4 is 19.7 Å². The molecule has 2 aromatic heterocycles. The highest BCUT2D eigenvalue weighted by Gasteiger charge is 2.11. The summed E-state index contributed by atoms with van der Waals surface area (Å²) in [7, 11) is 3.14. The average molecular weight is 424 g/mol. The Morgan fingerprint density at radius 1 is 1.22 bits per heavy atom. The van der Waals surface area contributed by atoms with Gasteiger partial charge in [-0.05, 0) is 17.7 Å². The van der Waals surface area contributed by atoms with E-state index in [2.05, 4.69) is 22.8 Å². The molecule has 3 aromatic rings. The van der Waals surface area contributed by atoms with Gasteiger partial charge in [0, 0.05) is 11.8 Å². The Labute approximate surface area is 169 Å². The van der Waals surface area contributed by atoms with E-state index >= 15 is 0 Å². The molecule has 2 heterocycles. The van der Waals surface area contributed by atoms with E-state index in [4.69, 9.17) is 14.3 Å². The van der Waals surface area contributed by atoms with Gasteiger partial charge in [0.15, 0.2) is 14.4 Å². The van der Waals surface area contributed by atoms with Crippen LogP contribution in [0.4, 0.5) is 0 Å². The van der Waals surface area contributed by atoms with Crippen LogP contribution in [0.15, 0.2) is 50.0 Å². The standard InChI is InChI=1S/C17H17N3O4S3/c1-22-13-5-3-11(4-6-13)9-24-15-8-20(23-2)12(7-14(15)21)10-26-17-19-18-16(25)27-17/h3-8H,9-10H2,1-2H3,(H,18,25). The van der Waals surface area contributed by atoms with Gasteiger partial charge in [-0.25, -0.2) is 0 Å². The summed E-state index contributed by atoms with van der Waals surface area (Å²) in [5, 5.41) is 7.85. The topological polar surface area (TPSA) is 75.5 Å². The van der Waals surface area contributed by atoms with Gasteiger partial charge in [-0.1, -0.05) is 35.2 Å². The quantitative estimate of drug-likeness (QED) is 0.441. The number of rotatable bonds is 8. The molecule has 0 radical (unpaired) electrons. The van der Waals surface area contributed by atoms with Crippen LogP contribution in [0.2, 0.25) is 0 Å². The van der Waals surface area contributed by atoms with Crippen molar-refractivity contribution < 1.29 is 14.3 Å². The molecule has 0 saturated heterocycles. The van der Waals surface area contributed by atoms with Crippen LogP contribution in [-0.2, 0) is 12.4 Å². The summed E-state index contributed by atoms with van der Waals surface area (Å²) in [5.41, 5.74) is 1.41. The van der Waals surface area contributed by atoms with E-state index < -0.39 is 0 Å². The van der Waals surface area contributed by atoms with Crippen LogP contribution in [0.5, 0.6) is 11.5 Å². The van der Waals surface area contributed by atoms with Crippen LogP contribution in [0.25, 0.3) is 0 Å². The lowest BCUT2D eigenvalue weighted by molar-refractivity contribution is 0.154. The number of methoxy groups -OCH3 is 1. The molecule has 0 fully saturated rings. The summed E-state index contributed by atoms with van der Waals surface area (Å²) in [5.74, 6) is 1.49. The molecule has 0 amide bonds. The Balaban J connectivity index is 1.69. The summed E-state index contributed by atoms with van der Waals surface area (Å²) in [6.45, 7) is 0.270. The highest BCUT2D eigenvalue weighted by atomic mass is 32.2. The Bertz CT molecular complexity index is 957. The zero-order chi connectivity index (χ0) is 19.2. The minimum atomic E-state index is -0.209. The fourth-order valence-electron chi connectivity index (χ4n) is 2.20. The maximum absolute atomic E-state index is 12.4. The lowest BCUT2D eigenvalue weighted by Gasteiger charge is -2.13. The van der Waals surface area contributed by atoms with E-state index in [-0.39, 0.29) is 17.8 Å². The van der Waals surface area contributed by atoms with E-state index in [0.717, 1.165) is 15.7 Å². The number of pyridine rings is 1. The van der Waals surface area contributed by atoms with E-state index in [1.54, 1.807) is 13.3 Å². The second-order valence-electron chi connectivity index (χ2n) is 5.28. The van der Waals surface area contributed by atoms with Crippen LogP contribution in [0.1, 0.15) is 11.3 Å². The minimum Gasteiger partial charge on any atom is -0.497 e. The van der Waals surface area contributed by atoms with Crippen LogP contribution >= 0.6 is 35.7 Å². The summed E-state index contributed by atoms with van der Waals surface area (Å²) in [4.78, 5) is 17.7. The molecule has 10 heteroatoms. The van der Waals surface area contributed by atoms with Crippen LogP contribution in [-0.4, -0.2) is 29.1 Å². The molecule has 0 aliphatic heterocycles. The summed E-state index contributed by atoms with van der Waals surface area (Å²) in [6.07, 6.45) is 1.55. The average Bonchev–Trinajstić information content (AvgIpc) is 3.11. The van der Waals surface area contributed by atoms with Crippen molar-refractivity contribution in [1.29, 1.82) is 0 Å². The van der Waals surface area contributed by atoms with E-state index in [9.17, 15) is 4.79 Å². The van der Waals surface area contributed by atoms with Gasteiger partial charge >= 0.3 is 0 Å². The van der Waals surface area contributed by atoms with Crippen molar-refractivity contribution >= 4 is 35.7 Å². The molecular weight excluding hydrogens is 406 g/mol. The SMILES string of the molecule is COc1ccc(COc2cn(OC)c(CSc3nnc(S)s3)cc2=O)cc1. The van der Waals surface area contributed by atoms with Crippen molar-refractivity contribution in [2.45, 2.75) is 21.0 Å². The summed E-state index contributed by atoms with van der Waals surface area (Å²) < 4.78 is 13.7. The number of ether oxygens (including phenoxy) is 2. The predicted molar refractivity (Wildman–Crippen MR) is 107 cm³/mol. The number of nitrogens with zero attached hydrogens (tertiary/aromatic N) is 3. The largest absolute Gasteiger partial charge is 0.497 e. The van der Waals surface area contributed by atoms with Gasteiger partial charge in [0.1, 0.15) is 19.5 Å². The molecule has 0 aliphatic carbocycles. The van der Waals surface area contributed by atoms with E-state index in [1.807, 2.05) is 24.3 Å². The van der Waals surface area contributed by atoms with Gasteiger partial charge in [-0.2, -0.15) is 4.73 Å². The highest BCUT2D eigenvalue weighted by Crippen LogP contribution is 2.27. The Morgan fingerprint density at radius 3 is 2.63 bits per heavy atom. The first-order valence-corrected chi connectivity index (χ1v) is 10.0. The van der Waals surface area contributed by atoms with Crippen molar-refractivity contribution in [1.82, 2.24) is 14.9 Å². The molecule has 27 heavy (non-hydrogen) atoms. The van der Waals surface area contributed by atoms with E-state index in [0.29, 0.717) is 15.8 Å². The van der Waals surface area contributed by atoms with Gasteiger partial charge in [0.05, 0.1) is 19.0 Å². The lowest BCUT2D eigenvalue weighted by Crippen LogP contribution is -2.18. The maximum atomic E-state index is 12.4. The molecule has 142 valence electrons. The molecule has 0 spiro atoms. The van der Waals surface area contributed by atoms with Gasteiger partial charge in [-0.3, -0.25) is 4.79 Å². The normalized spacial score (nSPS) is 10.6. The number of hydrogen-bond acceptors (Lipinski definition) is 9. The van der Waals surface area contributed by atoms with Crippen molar-refractivity contribution in [3.8, 4) is 11.5 Å². The molecule has 0 bridgehead atoms. The number of thioether (sulfide) groups is 1. The molecule has 1 aromatic carbocycles. The summed E-state index contributed by atoms with van der Waals surface area (Å²) >= 11 is 6.98. The van der Waals surface area contributed by atoms with Crippen molar-refractivity contribution in [3.63, 3.8) is 0 Å². The monoisotopic (exact) mass is 423 g/mol. The smallest absolute Gasteiger partial charge is 0.223 e. The van der Waals surface area contributed by atoms with Crippen LogP contribution in [0, 0.1) is 0 Å². The number of thiol groups is 1. The predicted octanol–water partition coefficient (Wildman–Crippen LogP) is 2.93. The van der Waals surface area contributed by atoms with E-state index in [1.165, 1.54) is 41.0 Å². The van der Waals surface area contributed by atoms with Gasteiger partial charge in [0.2, 0.25) is 5.43 Å². The van der Waals surface area contributed by atoms with Crippen molar-refractivity contribution in [2.24, 2.45) is 0 Å². The molecule has 0 saturated carbocycles.